The second-order valence-corrected chi connectivity index (χ2v) is 7.65. The van der Waals surface area contributed by atoms with Crippen molar-refractivity contribution in [1.29, 1.82) is 0 Å². The normalized spacial score (nSPS) is 21.0. The minimum Gasteiger partial charge on any atom is -0.497 e. The number of aromatic nitrogens is 2. The minimum atomic E-state index is -0.306. The summed E-state index contributed by atoms with van der Waals surface area (Å²) in [6.45, 7) is 1.98. The molecule has 0 radical (unpaired) electrons. The van der Waals surface area contributed by atoms with Crippen molar-refractivity contribution in [1.82, 2.24) is 20.4 Å². The molecule has 4 rings (SSSR count). The quantitative estimate of drug-likeness (QED) is 0.801. The summed E-state index contributed by atoms with van der Waals surface area (Å²) < 4.78 is 7.21. The van der Waals surface area contributed by atoms with Gasteiger partial charge in [-0.25, -0.2) is 0 Å². The lowest BCUT2D eigenvalue weighted by Crippen LogP contribution is -2.44. The fraction of sp³-hybridized carbons (Fsp3) is 0.524. The third-order valence-electron chi connectivity index (χ3n) is 5.94. The molecular weight excluding hydrogens is 376 g/mol. The molecule has 1 aliphatic carbocycles. The molecule has 1 aromatic carbocycles. The summed E-state index contributed by atoms with van der Waals surface area (Å²) >= 11 is 0. The average molecular weight is 405 g/mol. The molecule has 1 aromatic heterocycles. The van der Waals surface area contributed by atoms with Crippen LogP contribution in [0.2, 0.25) is 0 Å². The highest BCUT2D eigenvalue weighted by atomic mass is 35.5. The number of nitrogens with zero attached hydrogens (tertiary/aromatic N) is 2. The SMILES string of the molecule is COc1ccc(C2(NC(=O)c3ccn(C4CCCNC4)n3)CCCC2)cc1.Cl. The number of hydrogen-bond donors (Lipinski definition) is 2. The van der Waals surface area contributed by atoms with Crippen LogP contribution < -0.4 is 15.4 Å². The third kappa shape index (κ3) is 4.18. The molecule has 1 saturated heterocycles. The fourth-order valence-corrected chi connectivity index (χ4v) is 4.38. The lowest BCUT2D eigenvalue weighted by atomic mass is 9.88. The van der Waals surface area contributed by atoms with Crippen LogP contribution >= 0.6 is 12.4 Å². The second kappa shape index (κ2) is 8.97. The molecule has 7 heteroatoms. The molecule has 0 bridgehead atoms. The van der Waals surface area contributed by atoms with E-state index in [0.717, 1.165) is 62.9 Å². The van der Waals surface area contributed by atoms with E-state index in [-0.39, 0.29) is 23.9 Å². The summed E-state index contributed by atoms with van der Waals surface area (Å²) in [5.41, 5.74) is 1.34. The zero-order valence-electron chi connectivity index (χ0n) is 16.3. The van der Waals surface area contributed by atoms with Gasteiger partial charge in [-0.3, -0.25) is 9.48 Å². The smallest absolute Gasteiger partial charge is 0.272 e. The van der Waals surface area contributed by atoms with E-state index in [9.17, 15) is 4.79 Å². The van der Waals surface area contributed by atoms with Gasteiger partial charge in [0.05, 0.1) is 18.7 Å². The molecule has 6 nitrogen and oxygen atoms in total. The van der Waals surface area contributed by atoms with Gasteiger partial charge >= 0.3 is 0 Å². The number of carbonyl (C=O) groups is 1. The molecule has 1 aliphatic heterocycles. The second-order valence-electron chi connectivity index (χ2n) is 7.65. The molecule has 1 unspecified atom stereocenters. The molecule has 2 N–H and O–H groups in total. The molecule has 2 fully saturated rings. The Balaban J connectivity index is 0.00000225. The van der Waals surface area contributed by atoms with Crippen molar-refractivity contribution in [2.45, 2.75) is 50.1 Å². The highest BCUT2D eigenvalue weighted by molar-refractivity contribution is 5.92. The first-order chi connectivity index (χ1) is 13.2. The van der Waals surface area contributed by atoms with Crippen LogP contribution in [0.1, 0.15) is 60.6 Å². The van der Waals surface area contributed by atoms with E-state index in [2.05, 4.69) is 27.9 Å². The van der Waals surface area contributed by atoms with Crippen LogP contribution in [0.3, 0.4) is 0 Å². The van der Waals surface area contributed by atoms with E-state index in [4.69, 9.17) is 4.74 Å². The molecule has 28 heavy (non-hydrogen) atoms. The molecular formula is C21H29ClN4O2. The average Bonchev–Trinajstić information content (AvgIpc) is 3.39. The van der Waals surface area contributed by atoms with E-state index in [1.165, 1.54) is 0 Å². The van der Waals surface area contributed by atoms with Gasteiger partial charge < -0.3 is 15.4 Å². The zero-order chi connectivity index (χ0) is 18.7. The molecule has 1 amide bonds. The van der Waals surface area contributed by atoms with Gasteiger partial charge in [0.1, 0.15) is 11.4 Å². The van der Waals surface area contributed by atoms with Crippen LogP contribution in [0.15, 0.2) is 36.5 Å². The van der Waals surface area contributed by atoms with Gasteiger partial charge in [-0.05, 0) is 56.0 Å². The lowest BCUT2D eigenvalue weighted by Gasteiger charge is -2.31. The number of nitrogens with one attached hydrogen (secondary N) is 2. The summed E-state index contributed by atoms with van der Waals surface area (Å²) in [7, 11) is 1.67. The molecule has 2 aromatic rings. The van der Waals surface area contributed by atoms with Crippen LogP contribution in [-0.4, -0.2) is 35.9 Å². The van der Waals surface area contributed by atoms with E-state index >= 15 is 0 Å². The largest absolute Gasteiger partial charge is 0.497 e. The predicted octanol–water partition coefficient (Wildman–Crippen LogP) is 3.44. The van der Waals surface area contributed by atoms with E-state index in [0.29, 0.717) is 11.7 Å². The molecule has 2 aliphatic rings. The van der Waals surface area contributed by atoms with E-state index in [1.54, 1.807) is 7.11 Å². The summed E-state index contributed by atoms with van der Waals surface area (Å²) in [5, 5.41) is 11.3. The van der Waals surface area contributed by atoms with E-state index in [1.807, 2.05) is 29.1 Å². The Morgan fingerprint density at radius 1 is 1.21 bits per heavy atom. The summed E-state index contributed by atoms with van der Waals surface area (Å²) in [6.07, 6.45) is 8.33. The number of hydrogen-bond acceptors (Lipinski definition) is 4. The van der Waals surface area contributed by atoms with Crippen LogP contribution in [0.5, 0.6) is 5.75 Å². The Hall–Kier alpha value is -2.05. The van der Waals surface area contributed by atoms with Gasteiger partial charge in [0, 0.05) is 12.7 Å². The number of piperidine rings is 1. The third-order valence-corrected chi connectivity index (χ3v) is 5.94. The minimum absolute atomic E-state index is 0. The Bertz CT molecular complexity index is 778. The maximum atomic E-state index is 13.0. The number of methoxy groups -OCH3 is 1. The van der Waals surface area contributed by atoms with Gasteiger partial charge in [-0.1, -0.05) is 25.0 Å². The zero-order valence-corrected chi connectivity index (χ0v) is 17.1. The van der Waals surface area contributed by atoms with Gasteiger partial charge in [-0.15, -0.1) is 12.4 Å². The van der Waals surface area contributed by atoms with Crippen LogP contribution in [0.25, 0.3) is 0 Å². The number of halogens is 1. The van der Waals surface area contributed by atoms with Crippen molar-refractivity contribution in [3.63, 3.8) is 0 Å². The van der Waals surface area contributed by atoms with Crippen molar-refractivity contribution in [2.24, 2.45) is 0 Å². The standard InChI is InChI=1S/C21H28N4O2.ClH/c1-27-18-8-6-16(7-9-18)21(11-2-3-12-21)23-20(26)19-10-14-25(24-19)17-5-4-13-22-15-17;/h6-10,14,17,22H,2-5,11-13,15H2,1H3,(H,23,26);1H. The van der Waals surface area contributed by atoms with Gasteiger partial charge in [0.15, 0.2) is 0 Å². The number of rotatable bonds is 5. The van der Waals surface area contributed by atoms with Crippen LogP contribution in [-0.2, 0) is 5.54 Å². The van der Waals surface area contributed by atoms with Gasteiger partial charge in [0.25, 0.3) is 5.91 Å². The maximum absolute atomic E-state index is 13.0. The first-order valence-electron chi connectivity index (χ1n) is 9.93. The van der Waals surface area contributed by atoms with Crippen molar-refractivity contribution >= 4 is 18.3 Å². The van der Waals surface area contributed by atoms with Crippen molar-refractivity contribution in [2.75, 3.05) is 20.2 Å². The monoisotopic (exact) mass is 404 g/mol. The maximum Gasteiger partial charge on any atom is 0.272 e. The van der Waals surface area contributed by atoms with Gasteiger partial charge in [-0.2, -0.15) is 5.10 Å². The molecule has 1 saturated carbocycles. The molecule has 152 valence electrons. The van der Waals surface area contributed by atoms with Gasteiger partial charge in [0.2, 0.25) is 0 Å². The number of ether oxygens (including phenoxy) is 1. The highest BCUT2D eigenvalue weighted by Gasteiger charge is 2.37. The fourth-order valence-electron chi connectivity index (χ4n) is 4.38. The van der Waals surface area contributed by atoms with E-state index < -0.39 is 0 Å². The number of carbonyl (C=O) groups excluding carboxylic acids is 1. The number of amides is 1. The lowest BCUT2D eigenvalue weighted by molar-refractivity contribution is 0.0891. The summed E-state index contributed by atoms with van der Waals surface area (Å²) in [4.78, 5) is 13.0. The van der Waals surface area contributed by atoms with Crippen molar-refractivity contribution < 1.29 is 9.53 Å². The topological polar surface area (TPSA) is 68.2 Å². The predicted molar refractivity (Wildman–Crippen MR) is 111 cm³/mol. The Morgan fingerprint density at radius 3 is 2.61 bits per heavy atom. The first kappa shape index (κ1) is 20.7. The molecule has 2 heterocycles. The Labute approximate surface area is 172 Å². The molecule has 0 spiro atoms. The van der Waals surface area contributed by atoms with Crippen LogP contribution in [0, 0.1) is 0 Å². The Kier molecular flexibility index (Phi) is 6.62. The first-order valence-corrected chi connectivity index (χ1v) is 9.93. The Morgan fingerprint density at radius 2 is 1.96 bits per heavy atom. The highest BCUT2D eigenvalue weighted by Crippen LogP contribution is 2.39. The number of benzene rings is 1. The van der Waals surface area contributed by atoms with Crippen molar-refractivity contribution in [3.05, 3.63) is 47.8 Å². The van der Waals surface area contributed by atoms with Crippen molar-refractivity contribution in [3.8, 4) is 5.75 Å². The summed E-state index contributed by atoms with van der Waals surface area (Å²) in [6, 6.07) is 10.2. The molecule has 1 atom stereocenters. The summed E-state index contributed by atoms with van der Waals surface area (Å²) in [5.74, 6) is 0.744. The van der Waals surface area contributed by atoms with Crippen LogP contribution in [0.4, 0.5) is 0 Å².